The van der Waals surface area contributed by atoms with Crippen LogP contribution >= 0.6 is 23.6 Å². The molecule has 1 N–H and O–H groups in total. The first kappa shape index (κ1) is 16.5. The molecule has 0 saturated carbocycles. The summed E-state index contributed by atoms with van der Waals surface area (Å²) in [7, 11) is -1.71. The Kier molecular flexibility index (Phi) is 5.81. The third-order valence-electron chi connectivity index (χ3n) is 3.14. The number of halogens is 1. The van der Waals surface area contributed by atoms with Crippen molar-refractivity contribution in [2.75, 3.05) is 25.6 Å². The van der Waals surface area contributed by atoms with Crippen LogP contribution in [0.4, 0.5) is 0 Å². The lowest BCUT2D eigenvalue weighted by Crippen LogP contribution is -2.39. The molecule has 1 unspecified atom stereocenters. The average molecular weight is 377 g/mol. The summed E-state index contributed by atoms with van der Waals surface area (Å²) in [5.74, 6) is 0.524. The Labute approximate surface area is 132 Å². The number of nitrogens with zero attached hydrogens (tertiary/aromatic N) is 1. The molecule has 2 rings (SSSR count). The maximum absolute atomic E-state index is 12.8. The SMILES string of the molecule is COc1ccc(CNP2(=O)OCCCN2C(=O)CBr)cc1. The Morgan fingerprint density at radius 3 is 2.81 bits per heavy atom. The molecule has 1 fully saturated rings. The molecule has 0 bridgehead atoms. The van der Waals surface area contributed by atoms with Crippen LogP contribution in [0.5, 0.6) is 5.75 Å². The minimum absolute atomic E-state index is 0.130. The van der Waals surface area contributed by atoms with Gasteiger partial charge in [0.25, 0.3) is 0 Å². The van der Waals surface area contributed by atoms with Crippen molar-refractivity contribution in [2.45, 2.75) is 13.0 Å². The average Bonchev–Trinajstić information content (AvgIpc) is 2.53. The van der Waals surface area contributed by atoms with E-state index < -0.39 is 7.67 Å². The minimum Gasteiger partial charge on any atom is -0.497 e. The second kappa shape index (κ2) is 7.40. The number of benzene rings is 1. The molecule has 21 heavy (non-hydrogen) atoms. The predicted octanol–water partition coefficient (Wildman–Crippen LogP) is 2.54. The van der Waals surface area contributed by atoms with Crippen LogP contribution in [0, 0.1) is 0 Å². The zero-order valence-corrected chi connectivity index (χ0v) is 14.2. The number of carbonyl (C=O) groups is 1. The molecule has 6 nitrogen and oxygen atoms in total. The summed E-state index contributed by atoms with van der Waals surface area (Å²) in [6, 6.07) is 7.41. The van der Waals surface area contributed by atoms with E-state index in [4.69, 9.17) is 9.26 Å². The molecule has 1 aliphatic heterocycles. The van der Waals surface area contributed by atoms with E-state index in [0.29, 0.717) is 26.1 Å². The van der Waals surface area contributed by atoms with E-state index in [1.165, 1.54) is 4.67 Å². The van der Waals surface area contributed by atoms with Crippen molar-refractivity contribution in [3.63, 3.8) is 0 Å². The second-order valence-electron chi connectivity index (χ2n) is 4.54. The van der Waals surface area contributed by atoms with Gasteiger partial charge in [-0.25, -0.2) is 9.65 Å². The van der Waals surface area contributed by atoms with E-state index in [1.54, 1.807) is 7.11 Å². The molecule has 0 spiro atoms. The molecular weight excluding hydrogens is 359 g/mol. The number of alkyl halides is 1. The van der Waals surface area contributed by atoms with Gasteiger partial charge in [0, 0.05) is 13.1 Å². The lowest BCUT2D eigenvalue weighted by atomic mass is 10.2. The van der Waals surface area contributed by atoms with E-state index in [2.05, 4.69) is 21.0 Å². The third kappa shape index (κ3) is 4.07. The maximum atomic E-state index is 12.8. The van der Waals surface area contributed by atoms with Crippen LogP contribution in [-0.4, -0.2) is 36.2 Å². The van der Waals surface area contributed by atoms with Gasteiger partial charge in [-0.05, 0) is 24.1 Å². The fourth-order valence-electron chi connectivity index (χ4n) is 2.01. The summed E-state index contributed by atoms with van der Waals surface area (Å²) < 4.78 is 24.5. The van der Waals surface area contributed by atoms with Gasteiger partial charge in [-0.3, -0.25) is 9.46 Å². The Balaban J connectivity index is 2.04. The van der Waals surface area contributed by atoms with Gasteiger partial charge in [0.2, 0.25) is 5.91 Å². The van der Waals surface area contributed by atoms with E-state index in [-0.39, 0.29) is 11.2 Å². The Morgan fingerprint density at radius 2 is 2.19 bits per heavy atom. The van der Waals surface area contributed by atoms with E-state index in [0.717, 1.165) is 11.3 Å². The van der Waals surface area contributed by atoms with E-state index in [9.17, 15) is 9.36 Å². The standard InChI is InChI=1S/C13H18BrN2O4P/c1-19-12-5-3-11(4-6-12)10-15-21(18)16(13(17)9-14)7-2-8-20-21/h3-6H,2,7-10H2,1H3,(H,15,18). The Hall–Kier alpha value is -0.880. The van der Waals surface area contributed by atoms with Gasteiger partial charge in [0.1, 0.15) is 5.75 Å². The van der Waals surface area contributed by atoms with Gasteiger partial charge in [-0.1, -0.05) is 28.1 Å². The molecule has 0 radical (unpaired) electrons. The molecule has 1 saturated heterocycles. The zero-order chi connectivity index (χ0) is 15.3. The van der Waals surface area contributed by atoms with Crippen molar-refractivity contribution in [1.29, 1.82) is 0 Å². The summed E-state index contributed by atoms with van der Waals surface area (Å²) in [6.07, 6.45) is 0.687. The summed E-state index contributed by atoms with van der Waals surface area (Å²) >= 11 is 3.10. The van der Waals surface area contributed by atoms with Crippen molar-refractivity contribution in [3.8, 4) is 5.75 Å². The molecule has 1 aliphatic rings. The monoisotopic (exact) mass is 376 g/mol. The van der Waals surface area contributed by atoms with Gasteiger partial charge in [-0.15, -0.1) is 0 Å². The number of nitrogens with one attached hydrogen (secondary N) is 1. The Morgan fingerprint density at radius 1 is 1.48 bits per heavy atom. The molecule has 1 aromatic rings. The van der Waals surface area contributed by atoms with Crippen LogP contribution in [0.1, 0.15) is 12.0 Å². The van der Waals surface area contributed by atoms with Crippen molar-refractivity contribution in [3.05, 3.63) is 29.8 Å². The highest BCUT2D eigenvalue weighted by molar-refractivity contribution is 9.09. The number of rotatable bonds is 5. The fraction of sp³-hybridized carbons (Fsp3) is 0.462. The van der Waals surface area contributed by atoms with Gasteiger partial charge in [0.05, 0.1) is 19.0 Å². The van der Waals surface area contributed by atoms with Crippen LogP contribution < -0.4 is 9.82 Å². The topological polar surface area (TPSA) is 67.9 Å². The van der Waals surface area contributed by atoms with Crippen LogP contribution in [0.15, 0.2) is 24.3 Å². The first-order valence-electron chi connectivity index (χ1n) is 6.58. The third-order valence-corrected chi connectivity index (χ3v) is 5.77. The zero-order valence-electron chi connectivity index (χ0n) is 11.8. The lowest BCUT2D eigenvalue weighted by Gasteiger charge is -2.34. The van der Waals surface area contributed by atoms with Gasteiger partial charge < -0.3 is 9.26 Å². The van der Waals surface area contributed by atoms with Crippen LogP contribution in [0.3, 0.4) is 0 Å². The van der Waals surface area contributed by atoms with E-state index in [1.807, 2.05) is 24.3 Å². The lowest BCUT2D eigenvalue weighted by molar-refractivity contribution is -0.125. The fourth-order valence-corrected chi connectivity index (χ4v) is 4.44. The molecule has 1 amide bonds. The number of hydrogen-bond acceptors (Lipinski definition) is 4. The summed E-state index contributed by atoms with van der Waals surface area (Å²) in [5, 5.41) is 3.02. The highest BCUT2D eigenvalue weighted by atomic mass is 79.9. The molecule has 1 aromatic carbocycles. The first-order chi connectivity index (χ1) is 10.1. The van der Waals surface area contributed by atoms with E-state index >= 15 is 0 Å². The molecule has 1 atom stereocenters. The molecule has 0 aliphatic carbocycles. The number of carbonyl (C=O) groups excluding carboxylic acids is 1. The molecule has 0 aromatic heterocycles. The van der Waals surface area contributed by atoms with Gasteiger partial charge >= 0.3 is 7.67 Å². The molecular formula is C13H18BrN2O4P. The maximum Gasteiger partial charge on any atom is 0.371 e. The van der Waals surface area contributed by atoms with Crippen LogP contribution in [0.2, 0.25) is 0 Å². The second-order valence-corrected chi connectivity index (χ2v) is 7.20. The van der Waals surface area contributed by atoms with Crippen LogP contribution in [0.25, 0.3) is 0 Å². The number of ether oxygens (including phenoxy) is 1. The Bertz CT molecular complexity index is 537. The quantitative estimate of drug-likeness (QED) is 0.631. The normalized spacial score (nSPS) is 22.1. The predicted molar refractivity (Wildman–Crippen MR) is 83.5 cm³/mol. The molecule has 116 valence electrons. The van der Waals surface area contributed by atoms with Crippen molar-refractivity contribution < 1.29 is 18.6 Å². The molecule has 8 heteroatoms. The smallest absolute Gasteiger partial charge is 0.371 e. The largest absolute Gasteiger partial charge is 0.497 e. The van der Waals surface area contributed by atoms with Gasteiger partial charge in [-0.2, -0.15) is 0 Å². The summed E-state index contributed by atoms with van der Waals surface area (Å²) in [5.41, 5.74) is 0.937. The van der Waals surface area contributed by atoms with Crippen molar-refractivity contribution in [1.82, 2.24) is 9.76 Å². The summed E-state index contributed by atoms with van der Waals surface area (Å²) in [4.78, 5) is 11.8. The van der Waals surface area contributed by atoms with Crippen molar-refractivity contribution in [2.24, 2.45) is 0 Å². The first-order valence-corrected chi connectivity index (χ1v) is 9.28. The highest BCUT2D eigenvalue weighted by Gasteiger charge is 2.37. The minimum atomic E-state index is -3.31. The van der Waals surface area contributed by atoms with Gasteiger partial charge in [0.15, 0.2) is 0 Å². The number of amides is 1. The van der Waals surface area contributed by atoms with Crippen molar-refractivity contribution >= 4 is 29.5 Å². The number of hydrogen-bond donors (Lipinski definition) is 1. The molecule has 1 heterocycles. The summed E-state index contributed by atoms with van der Waals surface area (Å²) in [6.45, 7) is 1.18. The number of methoxy groups -OCH3 is 1. The van der Waals surface area contributed by atoms with Crippen LogP contribution in [-0.2, 0) is 20.4 Å². The highest BCUT2D eigenvalue weighted by Crippen LogP contribution is 2.49.